The zero-order valence-corrected chi connectivity index (χ0v) is 10.7. The number of ether oxygens (including phenoxy) is 1. The summed E-state index contributed by atoms with van der Waals surface area (Å²) in [5.41, 5.74) is 1.08. The molecule has 1 aromatic rings. The van der Waals surface area contributed by atoms with E-state index in [9.17, 15) is 9.90 Å². The maximum atomic E-state index is 11.6. The molecule has 94 valence electrons. The molecule has 0 saturated heterocycles. The number of aliphatic imine (C=N–C) groups is 1. The van der Waals surface area contributed by atoms with E-state index < -0.39 is 0 Å². The summed E-state index contributed by atoms with van der Waals surface area (Å²) < 4.78 is 5.00. The van der Waals surface area contributed by atoms with Crippen molar-refractivity contribution in [3.8, 4) is 11.5 Å². The lowest BCUT2D eigenvalue weighted by atomic mass is 10.1. The quantitative estimate of drug-likeness (QED) is 0.796. The Bertz CT molecular complexity index is 552. The smallest absolute Gasteiger partial charge is 0.275 e. The molecule has 0 aliphatic carbocycles. The third-order valence-electron chi connectivity index (χ3n) is 2.38. The normalized spacial score (nSPS) is 16.7. The molecule has 0 bridgehead atoms. The van der Waals surface area contributed by atoms with Crippen molar-refractivity contribution < 1.29 is 14.6 Å². The summed E-state index contributed by atoms with van der Waals surface area (Å²) in [5.74, 6) is 0.187. The van der Waals surface area contributed by atoms with E-state index in [1.54, 1.807) is 18.2 Å². The molecule has 2 N–H and O–H groups in total. The highest BCUT2D eigenvalue weighted by molar-refractivity contribution is 8.13. The molecular weight excluding hydrogens is 252 g/mol. The van der Waals surface area contributed by atoms with Crippen molar-refractivity contribution in [2.75, 3.05) is 13.4 Å². The van der Waals surface area contributed by atoms with Gasteiger partial charge < -0.3 is 9.84 Å². The summed E-state index contributed by atoms with van der Waals surface area (Å²) in [5, 5.41) is 12.7. The third kappa shape index (κ3) is 2.48. The molecule has 0 fully saturated rings. The molecule has 0 saturated carbocycles. The van der Waals surface area contributed by atoms with Gasteiger partial charge in [0.05, 0.1) is 7.11 Å². The van der Waals surface area contributed by atoms with Crippen molar-refractivity contribution in [2.24, 2.45) is 4.99 Å². The average Bonchev–Trinajstić information content (AvgIpc) is 2.72. The second-order valence-corrected chi connectivity index (χ2v) is 4.33. The Hall–Kier alpha value is -1.95. The van der Waals surface area contributed by atoms with Gasteiger partial charge in [-0.15, -0.1) is 0 Å². The molecule has 18 heavy (non-hydrogen) atoms. The first-order valence-corrected chi connectivity index (χ1v) is 6.39. The van der Waals surface area contributed by atoms with E-state index >= 15 is 0 Å². The lowest BCUT2D eigenvalue weighted by molar-refractivity contribution is -0.115. The summed E-state index contributed by atoms with van der Waals surface area (Å²) in [6, 6.07) is 4.84. The highest BCUT2D eigenvalue weighted by Crippen LogP contribution is 2.27. The number of thioether (sulfide) groups is 1. The average molecular weight is 264 g/mol. The fraction of sp³-hybridized carbons (Fsp3) is 0.167. The summed E-state index contributed by atoms with van der Waals surface area (Å²) in [4.78, 5) is 15.7. The highest BCUT2D eigenvalue weighted by atomic mass is 32.2. The minimum atomic E-state index is -0.230. The summed E-state index contributed by atoms with van der Waals surface area (Å²) in [7, 11) is 1.47. The van der Waals surface area contributed by atoms with Gasteiger partial charge in [0.15, 0.2) is 16.7 Å². The minimum Gasteiger partial charge on any atom is -0.504 e. The van der Waals surface area contributed by atoms with Gasteiger partial charge in [0.1, 0.15) is 5.70 Å². The third-order valence-corrected chi connectivity index (χ3v) is 2.96. The van der Waals surface area contributed by atoms with Crippen LogP contribution in [-0.4, -0.2) is 29.5 Å². The van der Waals surface area contributed by atoms with Crippen molar-refractivity contribution in [2.45, 2.75) is 0 Å². The summed E-state index contributed by atoms with van der Waals surface area (Å²) in [6.07, 6.45) is 3.48. The molecule has 1 heterocycles. The number of nitrogens with zero attached hydrogens (tertiary/aromatic N) is 1. The van der Waals surface area contributed by atoms with Crippen LogP contribution < -0.4 is 10.1 Å². The fourth-order valence-electron chi connectivity index (χ4n) is 1.49. The van der Waals surface area contributed by atoms with Crippen LogP contribution in [0.25, 0.3) is 6.08 Å². The van der Waals surface area contributed by atoms with E-state index in [1.165, 1.54) is 24.9 Å². The predicted octanol–water partition coefficient (Wildman–Crippen LogP) is 1.59. The molecule has 0 unspecified atom stereocenters. The standard InChI is InChI=1S/C12H12N2O3S/c1-17-10-6-7(3-4-9(10)15)5-8-11(16)14-12(13-8)18-2/h3-6,15H,1-2H3,(H,13,14,16)/b8-5-. The van der Waals surface area contributed by atoms with Crippen LogP contribution >= 0.6 is 11.8 Å². The second kappa shape index (κ2) is 5.14. The molecule has 0 spiro atoms. The van der Waals surface area contributed by atoms with Crippen molar-refractivity contribution in [3.63, 3.8) is 0 Å². The number of amides is 1. The lowest BCUT2D eigenvalue weighted by Gasteiger charge is -2.03. The van der Waals surface area contributed by atoms with Crippen LogP contribution in [0.15, 0.2) is 28.9 Å². The van der Waals surface area contributed by atoms with Gasteiger partial charge in [0.2, 0.25) is 0 Å². The van der Waals surface area contributed by atoms with Gasteiger partial charge in [-0.25, -0.2) is 4.99 Å². The Kier molecular flexibility index (Phi) is 3.57. The number of nitrogens with one attached hydrogen (secondary N) is 1. The van der Waals surface area contributed by atoms with Crippen LogP contribution in [0.3, 0.4) is 0 Å². The number of aromatic hydroxyl groups is 1. The number of phenolic OH excluding ortho intramolecular Hbond substituents is 1. The highest BCUT2D eigenvalue weighted by Gasteiger charge is 2.19. The molecule has 1 aromatic carbocycles. The summed E-state index contributed by atoms with van der Waals surface area (Å²) >= 11 is 1.37. The molecular formula is C12H12N2O3S. The van der Waals surface area contributed by atoms with Gasteiger partial charge in [0.25, 0.3) is 5.91 Å². The molecule has 0 atom stereocenters. The van der Waals surface area contributed by atoms with Gasteiger partial charge in [-0.1, -0.05) is 17.8 Å². The maximum Gasteiger partial charge on any atom is 0.275 e. The van der Waals surface area contributed by atoms with Gasteiger partial charge in [-0.2, -0.15) is 0 Å². The van der Waals surface area contributed by atoms with Gasteiger partial charge in [-0.05, 0) is 30.0 Å². The monoisotopic (exact) mass is 264 g/mol. The molecule has 1 aliphatic rings. The predicted molar refractivity (Wildman–Crippen MR) is 71.7 cm³/mol. The Labute approximate surface area is 109 Å². The number of benzene rings is 1. The SMILES string of the molecule is COc1cc(/C=C2\N=C(SC)NC2=O)ccc1O. The largest absolute Gasteiger partial charge is 0.504 e. The topological polar surface area (TPSA) is 70.9 Å². The van der Waals surface area contributed by atoms with Gasteiger partial charge >= 0.3 is 0 Å². The van der Waals surface area contributed by atoms with Crippen molar-refractivity contribution in [3.05, 3.63) is 29.5 Å². The van der Waals surface area contributed by atoms with E-state index in [1.807, 2.05) is 6.26 Å². The van der Waals surface area contributed by atoms with E-state index in [0.29, 0.717) is 16.6 Å². The van der Waals surface area contributed by atoms with Crippen LogP contribution in [0.4, 0.5) is 0 Å². The molecule has 6 heteroatoms. The van der Waals surface area contributed by atoms with E-state index in [0.717, 1.165) is 5.56 Å². The van der Waals surface area contributed by atoms with Crippen molar-refractivity contribution in [1.82, 2.24) is 5.32 Å². The van der Waals surface area contributed by atoms with Crippen LogP contribution in [0, 0.1) is 0 Å². The zero-order valence-electron chi connectivity index (χ0n) is 9.93. The zero-order chi connectivity index (χ0) is 13.1. The first-order valence-electron chi connectivity index (χ1n) is 5.17. The number of methoxy groups -OCH3 is 1. The van der Waals surface area contributed by atoms with E-state index in [-0.39, 0.29) is 11.7 Å². The van der Waals surface area contributed by atoms with Crippen LogP contribution in [-0.2, 0) is 4.79 Å². The van der Waals surface area contributed by atoms with Crippen molar-refractivity contribution in [1.29, 1.82) is 0 Å². The second-order valence-electron chi connectivity index (χ2n) is 3.54. The lowest BCUT2D eigenvalue weighted by Crippen LogP contribution is -2.21. The number of phenols is 1. The van der Waals surface area contributed by atoms with Gasteiger partial charge in [0, 0.05) is 0 Å². The van der Waals surface area contributed by atoms with Crippen molar-refractivity contribution >= 4 is 28.9 Å². The molecule has 2 rings (SSSR count). The molecule has 0 radical (unpaired) electrons. The summed E-state index contributed by atoms with van der Waals surface area (Å²) in [6.45, 7) is 0. The number of hydrogen-bond donors (Lipinski definition) is 2. The molecule has 1 aliphatic heterocycles. The number of amidine groups is 1. The molecule has 0 aromatic heterocycles. The first kappa shape index (κ1) is 12.5. The van der Waals surface area contributed by atoms with E-state index in [4.69, 9.17) is 4.74 Å². The van der Waals surface area contributed by atoms with Crippen LogP contribution in [0.5, 0.6) is 11.5 Å². The van der Waals surface area contributed by atoms with E-state index in [2.05, 4.69) is 10.3 Å². The number of hydrogen-bond acceptors (Lipinski definition) is 5. The van der Waals surface area contributed by atoms with Crippen LogP contribution in [0.2, 0.25) is 0 Å². The van der Waals surface area contributed by atoms with Gasteiger partial charge in [-0.3, -0.25) is 10.1 Å². The fourth-order valence-corrected chi connectivity index (χ4v) is 1.87. The molecule has 1 amide bonds. The number of carbonyl (C=O) groups is 1. The Morgan fingerprint density at radius 3 is 2.89 bits per heavy atom. The number of rotatable bonds is 2. The Morgan fingerprint density at radius 1 is 1.50 bits per heavy atom. The maximum absolute atomic E-state index is 11.6. The first-order chi connectivity index (χ1) is 8.63. The Morgan fingerprint density at radius 2 is 2.28 bits per heavy atom. The van der Waals surface area contributed by atoms with Crippen LogP contribution in [0.1, 0.15) is 5.56 Å². The Balaban J connectivity index is 2.33. The minimum absolute atomic E-state index is 0.0591. The molecule has 5 nitrogen and oxygen atoms in total. The number of carbonyl (C=O) groups excluding carboxylic acids is 1.